The van der Waals surface area contributed by atoms with Crippen LogP contribution in [0.1, 0.15) is 58.3 Å². The van der Waals surface area contributed by atoms with Gasteiger partial charge in [0.1, 0.15) is 0 Å². The molecule has 0 spiro atoms. The fraction of sp³-hybridized carbons (Fsp3) is 0.889. The van der Waals surface area contributed by atoms with Crippen molar-refractivity contribution in [1.82, 2.24) is 10.2 Å². The van der Waals surface area contributed by atoms with Gasteiger partial charge in [-0.25, -0.2) is 4.79 Å². The maximum absolute atomic E-state index is 11.7. The lowest BCUT2D eigenvalue weighted by molar-refractivity contribution is 0.0963. The lowest BCUT2D eigenvalue weighted by Crippen LogP contribution is -2.48. The van der Waals surface area contributed by atoms with Gasteiger partial charge in [-0.05, 0) is 44.4 Å². The number of likely N-dealkylation sites (tertiary alicyclic amines) is 1. The second-order valence-electron chi connectivity index (χ2n) is 7.34. The summed E-state index contributed by atoms with van der Waals surface area (Å²) in [5.41, 5.74) is 6.21. The minimum Gasteiger partial charge on any atom is -0.450 e. The molecule has 1 saturated heterocycles. The molecule has 2 rings (SSSR count). The number of carbonyl (C=O) groups excluding carboxylic acids is 1. The fourth-order valence-electron chi connectivity index (χ4n) is 3.95. The molecule has 0 aromatic rings. The molecule has 1 heterocycles. The third-order valence-corrected chi connectivity index (χ3v) is 5.51. The van der Waals surface area contributed by atoms with Gasteiger partial charge in [-0.2, -0.15) is 0 Å². The van der Waals surface area contributed by atoms with E-state index in [9.17, 15) is 9.90 Å². The second kappa shape index (κ2) is 11.8. The molecule has 1 aliphatic carbocycles. The quantitative estimate of drug-likeness (QED) is 0.307. The van der Waals surface area contributed by atoms with Crippen molar-refractivity contribution >= 4 is 36.0 Å². The van der Waals surface area contributed by atoms with Crippen LogP contribution in [0.25, 0.3) is 0 Å². The van der Waals surface area contributed by atoms with Crippen LogP contribution in [0.2, 0.25) is 0 Å². The number of nitrogens with two attached hydrogens (primary N) is 1. The lowest BCUT2D eigenvalue weighted by Gasteiger charge is -2.36. The summed E-state index contributed by atoms with van der Waals surface area (Å²) in [4.78, 5) is 18.0. The number of amides is 1. The number of rotatable bonds is 6. The molecule has 152 valence electrons. The molecule has 1 amide bonds. The highest BCUT2D eigenvalue weighted by Gasteiger charge is 2.31. The molecule has 0 aromatic heterocycles. The zero-order valence-corrected chi connectivity index (χ0v) is 18.2. The van der Waals surface area contributed by atoms with Gasteiger partial charge in [0.15, 0.2) is 5.96 Å². The molecule has 8 heteroatoms. The highest BCUT2D eigenvalue weighted by molar-refractivity contribution is 14.0. The van der Waals surface area contributed by atoms with Crippen LogP contribution in [0.15, 0.2) is 4.99 Å². The zero-order valence-electron chi connectivity index (χ0n) is 15.9. The molecule has 0 aromatic carbocycles. The number of aliphatic hydroxyl groups is 1. The fourth-order valence-corrected chi connectivity index (χ4v) is 3.95. The molecule has 4 N–H and O–H groups in total. The van der Waals surface area contributed by atoms with Crippen LogP contribution in [0.5, 0.6) is 0 Å². The summed E-state index contributed by atoms with van der Waals surface area (Å²) in [6.45, 7) is 4.49. The minimum atomic E-state index is -0.231. The number of nitrogens with zero attached hydrogens (tertiary/aromatic N) is 2. The van der Waals surface area contributed by atoms with E-state index in [4.69, 9.17) is 10.5 Å². The van der Waals surface area contributed by atoms with E-state index in [-0.39, 0.29) is 48.1 Å². The van der Waals surface area contributed by atoms with E-state index in [1.165, 1.54) is 19.3 Å². The van der Waals surface area contributed by atoms with Crippen LogP contribution < -0.4 is 11.1 Å². The van der Waals surface area contributed by atoms with Crippen LogP contribution >= 0.6 is 24.0 Å². The number of piperidine rings is 1. The molecular weight excluding hydrogens is 447 g/mol. The molecule has 1 aliphatic heterocycles. The second-order valence-corrected chi connectivity index (χ2v) is 7.34. The number of guanidine groups is 1. The first kappa shape index (κ1) is 23.3. The standard InChI is InChI=1S/C18H34N4O3.HI/c1-2-25-17(24)22-11-6-15(7-12-22)21-16(19)20-14-18(10-13-23)8-4-3-5-9-18;/h15,23H,2-14H2,1H3,(H3,19,20,21);1H. The topological polar surface area (TPSA) is 100 Å². The van der Waals surface area contributed by atoms with Crippen molar-refractivity contribution in [2.45, 2.75) is 64.3 Å². The van der Waals surface area contributed by atoms with Crippen LogP contribution in [0, 0.1) is 5.41 Å². The minimum absolute atomic E-state index is 0. The Labute approximate surface area is 174 Å². The van der Waals surface area contributed by atoms with Gasteiger partial charge in [0.25, 0.3) is 0 Å². The summed E-state index contributed by atoms with van der Waals surface area (Å²) in [6, 6.07) is 0.245. The number of halogens is 1. The van der Waals surface area contributed by atoms with Crippen molar-refractivity contribution in [2.24, 2.45) is 16.1 Å². The highest BCUT2D eigenvalue weighted by atomic mass is 127. The van der Waals surface area contributed by atoms with Crippen LogP contribution in [-0.4, -0.2) is 60.9 Å². The Kier molecular flexibility index (Phi) is 10.6. The van der Waals surface area contributed by atoms with Crippen molar-refractivity contribution in [3.05, 3.63) is 0 Å². The van der Waals surface area contributed by atoms with Gasteiger partial charge in [-0.1, -0.05) is 19.3 Å². The van der Waals surface area contributed by atoms with Crippen LogP contribution in [0.4, 0.5) is 4.79 Å². The Morgan fingerprint density at radius 1 is 1.31 bits per heavy atom. The molecule has 7 nitrogen and oxygen atoms in total. The first-order valence-electron chi connectivity index (χ1n) is 9.67. The summed E-state index contributed by atoms with van der Waals surface area (Å²) < 4.78 is 5.04. The van der Waals surface area contributed by atoms with E-state index in [0.29, 0.717) is 32.2 Å². The van der Waals surface area contributed by atoms with Gasteiger partial charge < -0.3 is 25.8 Å². The molecule has 0 unspecified atom stereocenters. The first-order chi connectivity index (χ1) is 12.1. The third-order valence-electron chi connectivity index (χ3n) is 5.51. The first-order valence-corrected chi connectivity index (χ1v) is 9.67. The monoisotopic (exact) mass is 482 g/mol. The van der Waals surface area contributed by atoms with Crippen molar-refractivity contribution in [1.29, 1.82) is 0 Å². The highest BCUT2D eigenvalue weighted by Crippen LogP contribution is 2.39. The maximum atomic E-state index is 11.7. The Hall–Kier alpha value is -0.770. The third kappa shape index (κ3) is 7.09. The summed E-state index contributed by atoms with van der Waals surface area (Å²) >= 11 is 0. The Balaban J connectivity index is 0.00000338. The number of hydrogen-bond acceptors (Lipinski definition) is 4. The van der Waals surface area contributed by atoms with Gasteiger partial charge in [0.05, 0.1) is 6.61 Å². The largest absolute Gasteiger partial charge is 0.450 e. The van der Waals surface area contributed by atoms with Gasteiger partial charge in [0, 0.05) is 32.3 Å². The van der Waals surface area contributed by atoms with Gasteiger partial charge >= 0.3 is 6.09 Å². The normalized spacial score (nSPS) is 21.0. The van der Waals surface area contributed by atoms with E-state index in [2.05, 4.69) is 10.3 Å². The molecule has 26 heavy (non-hydrogen) atoms. The predicted molar refractivity (Wildman–Crippen MR) is 114 cm³/mol. The van der Waals surface area contributed by atoms with E-state index in [1.807, 2.05) is 6.92 Å². The Morgan fingerprint density at radius 3 is 2.54 bits per heavy atom. The average molecular weight is 482 g/mol. The van der Waals surface area contributed by atoms with Gasteiger partial charge in [-0.15, -0.1) is 24.0 Å². The van der Waals surface area contributed by atoms with Gasteiger partial charge in [0.2, 0.25) is 0 Å². The number of aliphatic imine (C=N–C) groups is 1. The molecular formula is C18H35IN4O3. The number of hydrogen-bond donors (Lipinski definition) is 3. The number of nitrogens with one attached hydrogen (secondary N) is 1. The molecule has 0 radical (unpaired) electrons. The van der Waals surface area contributed by atoms with Crippen molar-refractivity contribution in [3.8, 4) is 0 Å². The summed E-state index contributed by atoms with van der Waals surface area (Å²) in [6.07, 6.45) is 8.24. The van der Waals surface area contributed by atoms with Crippen LogP contribution in [0.3, 0.4) is 0 Å². The van der Waals surface area contributed by atoms with Crippen molar-refractivity contribution in [2.75, 3.05) is 32.8 Å². The molecule has 2 aliphatic rings. The lowest BCUT2D eigenvalue weighted by atomic mass is 9.72. The number of ether oxygens (including phenoxy) is 1. The summed E-state index contributed by atoms with van der Waals surface area (Å²) in [5, 5.41) is 12.7. The zero-order chi connectivity index (χ0) is 18.1. The summed E-state index contributed by atoms with van der Waals surface area (Å²) in [7, 11) is 0. The average Bonchev–Trinajstić information content (AvgIpc) is 2.62. The Bertz CT molecular complexity index is 442. The van der Waals surface area contributed by atoms with E-state index in [0.717, 1.165) is 32.1 Å². The molecule has 0 atom stereocenters. The SMILES string of the molecule is CCOC(=O)N1CCC(NC(N)=NCC2(CCO)CCCCC2)CC1.I. The maximum Gasteiger partial charge on any atom is 0.409 e. The smallest absolute Gasteiger partial charge is 0.409 e. The molecule has 2 fully saturated rings. The van der Waals surface area contributed by atoms with E-state index in [1.54, 1.807) is 4.90 Å². The molecule has 1 saturated carbocycles. The molecule has 0 bridgehead atoms. The van der Waals surface area contributed by atoms with Gasteiger partial charge in [-0.3, -0.25) is 4.99 Å². The van der Waals surface area contributed by atoms with E-state index >= 15 is 0 Å². The number of aliphatic hydroxyl groups excluding tert-OH is 1. The predicted octanol–water partition coefficient (Wildman–Crippen LogP) is 2.46. The van der Waals surface area contributed by atoms with E-state index < -0.39 is 0 Å². The van der Waals surface area contributed by atoms with Crippen LogP contribution in [-0.2, 0) is 4.74 Å². The number of carbonyl (C=O) groups is 1. The Morgan fingerprint density at radius 2 is 1.96 bits per heavy atom. The summed E-state index contributed by atoms with van der Waals surface area (Å²) in [5.74, 6) is 0.484. The van der Waals surface area contributed by atoms with Crippen molar-refractivity contribution < 1.29 is 14.6 Å². The van der Waals surface area contributed by atoms with Crippen molar-refractivity contribution in [3.63, 3.8) is 0 Å².